The highest BCUT2D eigenvalue weighted by Crippen LogP contribution is 2.60. The third-order valence-electron chi connectivity index (χ3n) is 5.41. The highest BCUT2D eigenvalue weighted by Gasteiger charge is 2.59. The fraction of sp³-hybridized carbons (Fsp3) is 1.00. The normalized spacial score (nSPS) is 51.9. The van der Waals surface area contributed by atoms with Crippen LogP contribution in [0.25, 0.3) is 0 Å². The van der Waals surface area contributed by atoms with Gasteiger partial charge >= 0.3 is 0 Å². The number of hydrogen-bond donors (Lipinski definition) is 1. The van der Waals surface area contributed by atoms with Crippen LogP contribution in [-0.4, -0.2) is 12.6 Å². The Kier molecular flexibility index (Phi) is 2.54. The molecule has 1 atom stereocenters. The predicted molar refractivity (Wildman–Crippen MR) is 61.4 cm³/mol. The second-order valence-corrected chi connectivity index (χ2v) is 6.21. The first-order valence-corrected chi connectivity index (χ1v) is 6.83. The fourth-order valence-electron chi connectivity index (χ4n) is 5.07. The van der Waals surface area contributed by atoms with Crippen LogP contribution in [0.2, 0.25) is 0 Å². The van der Waals surface area contributed by atoms with E-state index in [1.807, 2.05) is 0 Å². The number of quaternary nitrogens is 1. The smallest absolute Gasteiger partial charge is 0.133 e. The molecular weight excluding hydrogens is 202 g/mol. The Bertz CT molecular complexity index is 249. The van der Waals surface area contributed by atoms with Gasteiger partial charge in [-0.2, -0.15) is 4.84 Å². The molecule has 0 aromatic heterocycles. The van der Waals surface area contributed by atoms with Gasteiger partial charge in [0.15, 0.2) is 0 Å². The average Bonchev–Trinajstić information content (AvgIpc) is 2.22. The lowest BCUT2D eigenvalue weighted by Gasteiger charge is -2.59. The molecule has 3 heteroatoms. The molecule has 4 fully saturated rings. The number of rotatable bonds is 3. The van der Waals surface area contributed by atoms with Crippen molar-refractivity contribution in [2.24, 2.45) is 23.7 Å². The van der Waals surface area contributed by atoms with Gasteiger partial charge < -0.3 is 5.21 Å². The summed E-state index contributed by atoms with van der Waals surface area (Å²) in [6.45, 7) is 2.20. The van der Waals surface area contributed by atoms with Crippen LogP contribution in [0.5, 0.6) is 0 Å². The molecule has 3 nitrogen and oxygen atoms in total. The second kappa shape index (κ2) is 3.69. The predicted octanol–water partition coefficient (Wildman–Crippen LogP) is 1.54. The molecular formula is C13H23NO2. The molecule has 1 N–H and O–H groups in total. The molecule has 4 aliphatic carbocycles. The van der Waals surface area contributed by atoms with Crippen molar-refractivity contribution in [3.8, 4) is 0 Å². The summed E-state index contributed by atoms with van der Waals surface area (Å²) in [4.78, 5) is 5.82. The third-order valence-corrected chi connectivity index (χ3v) is 5.41. The van der Waals surface area contributed by atoms with E-state index < -0.39 is 0 Å². The molecule has 0 amide bonds. The monoisotopic (exact) mass is 225 g/mol. The maximum Gasteiger partial charge on any atom is 0.133 e. The van der Waals surface area contributed by atoms with Crippen LogP contribution in [0.3, 0.4) is 0 Å². The Morgan fingerprint density at radius 1 is 1.12 bits per heavy atom. The molecule has 4 rings (SSSR count). The molecule has 0 aliphatic heterocycles. The minimum absolute atomic E-state index is 0.0747. The van der Waals surface area contributed by atoms with E-state index in [1.54, 1.807) is 7.05 Å². The molecule has 0 aromatic carbocycles. The van der Waals surface area contributed by atoms with Crippen LogP contribution in [0.1, 0.15) is 45.4 Å². The Morgan fingerprint density at radius 3 is 2.00 bits per heavy atom. The quantitative estimate of drug-likeness (QED) is 0.740. The van der Waals surface area contributed by atoms with Gasteiger partial charge in [-0.05, 0) is 62.2 Å². The standard InChI is InChI=1S/C13H23NO2/c1-3-13(16-14(2)15)11-5-9-4-10(7-11)8-12(13)6-9/h9-12,14H,3-8H2,1-2H3. The van der Waals surface area contributed by atoms with Crippen molar-refractivity contribution in [2.75, 3.05) is 7.05 Å². The Balaban J connectivity index is 1.88. The van der Waals surface area contributed by atoms with Crippen molar-refractivity contribution in [3.05, 3.63) is 5.21 Å². The van der Waals surface area contributed by atoms with Gasteiger partial charge in [0, 0.05) is 0 Å². The van der Waals surface area contributed by atoms with E-state index in [0.717, 1.165) is 18.3 Å². The first kappa shape index (κ1) is 11.0. The van der Waals surface area contributed by atoms with E-state index in [9.17, 15) is 5.21 Å². The average molecular weight is 225 g/mol. The van der Waals surface area contributed by atoms with E-state index in [-0.39, 0.29) is 10.8 Å². The highest BCUT2D eigenvalue weighted by molar-refractivity contribution is 5.06. The van der Waals surface area contributed by atoms with Gasteiger partial charge in [0.1, 0.15) is 5.60 Å². The first-order valence-electron chi connectivity index (χ1n) is 6.83. The third kappa shape index (κ3) is 1.45. The molecule has 4 aliphatic rings. The molecule has 0 spiro atoms. The molecule has 0 heterocycles. The van der Waals surface area contributed by atoms with Crippen LogP contribution < -0.4 is 5.23 Å². The minimum Gasteiger partial charge on any atom is -0.600 e. The van der Waals surface area contributed by atoms with E-state index in [2.05, 4.69) is 6.92 Å². The SMILES string of the molecule is CCC1(O[NH+](C)[O-])C2CC3CC(C2)CC1C3. The van der Waals surface area contributed by atoms with Crippen LogP contribution in [0.15, 0.2) is 0 Å². The fourth-order valence-corrected chi connectivity index (χ4v) is 5.07. The van der Waals surface area contributed by atoms with E-state index in [0.29, 0.717) is 11.8 Å². The Labute approximate surface area is 97.7 Å². The largest absolute Gasteiger partial charge is 0.600 e. The van der Waals surface area contributed by atoms with Gasteiger partial charge in [-0.1, -0.05) is 6.92 Å². The summed E-state index contributed by atoms with van der Waals surface area (Å²) < 4.78 is 0. The van der Waals surface area contributed by atoms with Crippen molar-refractivity contribution in [3.63, 3.8) is 0 Å². The van der Waals surface area contributed by atoms with Crippen molar-refractivity contribution in [2.45, 2.75) is 51.0 Å². The van der Waals surface area contributed by atoms with Gasteiger partial charge in [0.2, 0.25) is 0 Å². The molecule has 0 radical (unpaired) electrons. The van der Waals surface area contributed by atoms with Crippen molar-refractivity contribution in [1.82, 2.24) is 0 Å². The molecule has 4 bridgehead atoms. The summed E-state index contributed by atoms with van der Waals surface area (Å²) in [6.07, 6.45) is 7.72. The summed E-state index contributed by atoms with van der Waals surface area (Å²) in [5.41, 5.74) is -0.0841. The summed E-state index contributed by atoms with van der Waals surface area (Å²) in [7, 11) is 1.57. The zero-order valence-electron chi connectivity index (χ0n) is 10.4. The Hall–Kier alpha value is -0.120. The maximum absolute atomic E-state index is 11.4. The number of hydroxylamine groups is 2. The topological polar surface area (TPSA) is 36.7 Å². The lowest BCUT2D eigenvalue weighted by atomic mass is 9.49. The van der Waals surface area contributed by atoms with Gasteiger partial charge in [0.05, 0.1) is 7.05 Å². The van der Waals surface area contributed by atoms with E-state index >= 15 is 0 Å². The molecule has 1 unspecified atom stereocenters. The Morgan fingerprint density at radius 2 is 1.62 bits per heavy atom. The van der Waals surface area contributed by atoms with Crippen LogP contribution in [0.4, 0.5) is 0 Å². The van der Waals surface area contributed by atoms with Crippen LogP contribution in [-0.2, 0) is 4.84 Å². The molecule has 16 heavy (non-hydrogen) atoms. The van der Waals surface area contributed by atoms with Crippen LogP contribution >= 0.6 is 0 Å². The summed E-state index contributed by atoms with van der Waals surface area (Å²) in [5, 5.41) is 11.3. The van der Waals surface area contributed by atoms with Gasteiger partial charge in [0.25, 0.3) is 0 Å². The summed E-state index contributed by atoms with van der Waals surface area (Å²) in [6, 6.07) is 0. The zero-order valence-corrected chi connectivity index (χ0v) is 10.4. The second-order valence-electron chi connectivity index (χ2n) is 6.21. The maximum atomic E-state index is 11.4. The molecule has 92 valence electrons. The molecule has 0 saturated heterocycles. The van der Waals surface area contributed by atoms with Gasteiger partial charge in [-0.3, -0.25) is 0 Å². The van der Waals surface area contributed by atoms with Crippen LogP contribution in [0, 0.1) is 28.9 Å². The summed E-state index contributed by atoms with van der Waals surface area (Å²) >= 11 is 0. The molecule has 4 saturated carbocycles. The van der Waals surface area contributed by atoms with E-state index in [4.69, 9.17) is 4.84 Å². The van der Waals surface area contributed by atoms with Crippen molar-refractivity contribution >= 4 is 0 Å². The van der Waals surface area contributed by atoms with E-state index in [1.165, 1.54) is 32.1 Å². The minimum atomic E-state index is -0.0841. The first-order chi connectivity index (χ1) is 7.64. The highest BCUT2D eigenvalue weighted by atomic mass is 16.9. The number of hydrogen-bond acceptors (Lipinski definition) is 2. The van der Waals surface area contributed by atoms with Gasteiger partial charge in [-0.25, -0.2) is 5.23 Å². The van der Waals surface area contributed by atoms with Crippen molar-refractivity contribution in [1.29, 1.82) is 0 Å². The number of nitrogens with one attached hydrogen (secondary N) is 1. The summed E-state index contributed by atoms with van der Waals surface area (Å²) in [5.74, 6) is 3.21. The zero-order chi connectivity index (χ0) is 11.3. The molecule has 0 aromatic rings. The lowest BCUT2D eigenvalue weighted by molar-refractivity contribution is -1.05. The van der Waals surface area contributed by atoms with Crippen molar-refractivity contribution < 1.29 is 10.1 Å². The van der Waals surface area contributed by atoms with Gasteiger partial charge in [-0.15, -0.1) is 0 Å². The lowest BCUT2D eigenvalue weighted by Crippen LogP contribution is -3.05.